The lowest BCUT2D eigenvalue weighted by Gasteiger charge is -2.15. The van der Waals surface area contributed by atoms with Gasteiger partial charge in [-0.2, -0.15) is 0 Å². The van der Waals surface area contributed by atoms with Gasteiger partial charge in [-0.1, -0.05) is 11.6 Å². The van der Waals surface area contributed by atoms with Crippen molar-refractivity contribution in [2.45, 2.75) is 12.5 Å². The minimum atomic E-state index is -0.256. The monoisotopic (exact) mass is 265 g/mol. The summed E-state index contributed by atoms with van der Waals surface area (Å²) < 4.78 is 13.7. The molecule has 0 aliphatic carbocycles. The van der Waals surface area contributed by atoms with Crippen molar-refractivity contribution in [2.75, 3.05) is 7.05 Å². The van der Waals surface area contributed by atoms with Crippen LogP contribution in [0, 0.1) is 5.82 Å². The summed E-state index contributed by atoms with van der Waals surface area (Å²) in [6.07, 6.45) is 3.63. The molecule has 2 aromatic rings. The first-order valence-electron chi connectivity index (χ1n) is 5.58. The van der Waals surface area contributed by atoms with Crippen molar-refractivity contribution in [3.05, 3.63) is 58.9 Å². The van der Waals surface area contributed by atoms with Gasteiger partial charge in [0.2, 0.25) is 0 Å². The van der Waals surface area contributed by atoms with Crippen LogP contribution in [0.1, 0.15) is 17.3 Å². The van der Waals surface area contributed by atoms with Gasteiger partial charge < -0.3 is 5.32 Å². The summed E-state index contributed by atoms with van der Waals surface area (Å²) in [4.78, 5) is 8.04. The summed E-state index contributed by atoms with van der Waals surface area (Å²) >= 11 is 5.88. The molecule has 1 N–H and O–H groups in total. The third kappa shape index (κ3) is 3.03. The molecular formula is C13H13ClFN3. The van der Waals surface area contributed by atoms with Crippen LogP contribution < -0.4 is 5.32 Å². The summed E-state index contributed by atoms with van der Waals surface area (Å²) in [7, 11) is 1.81. The molecule has 0 aliphatic heterocycles. The zero-order chi connectivity index (χ0) is 13.0. The van der Waals surface area contributed by atoms with E-state index in [0.717, 1.165) is 5.69 Å². The molecule has 0 amide bonds. The van der Waals surface area contributed by atoms with Crippen LogP contribution in [-0.4, -0.2) is 17.0 Å². The molecular weight excluding hydrogens is 253 g/mol. The Kier molecular flexibility index (Phi) is 4.23. The van der Waals surface area contributed by atoms with E-state index in [-0.39, 0.29) is 11.9 Å². The van der Waals surface area contributed by atoms with Gasteiger partial charge >= 0.3 is 0 Å². The zero-order valence-corrected chi connectivity index (χ0v) is 10.7. The highest BCUT2D eigenvalue weighted by molar-refractivity contribution is 6.30. The van der Waals surface area contributed by atoms with Crippen LogP contribution in [-0.2, 0) is 6.42 Å². The molecule has 5 heteroatoms. The van der Waals surface area contributed by atoms with E-state index in [1.165, 1.54) is 12.4 Å². The van der Waals surface area contributed by atoms with Crippen molar-refractivity contribution >= 4 is 11.6 Å². The van der Waals surface area contributed by atoms with Crippen LogP contribution in [0.5, 0.6) is 0 Å². The van der Waals surface area contributed by atoms with Gasteiger partial charge in [0.1, 0.15) is 12.1 Å². The Hall–Kier alpha value is -1.52. The van der Waals surface area contributed by atoms with Crippen molar-refractivity contribution in [1.29, 1.82) is 0 Å². The Balaban J connectivity index is 2.23. The Labute approximate surface area is 110 Å². The number of nitrogens with one attached hydrogen (secondary N) is 1. The van der Waals surface area contributed by atoms with Gasteiger partial charge in [-0.3, -0.25) is 0 Å². The third-order valence-electron chi connectivity index (χ3n) is 2.74. The SMILES string of the molecule is CNC(Cc1cc(Cl)ccc1F)c1ccncn1. The summed E-state index contributed by atoms with van der Waals surface area (Å²) in [5.74, 6) is -0.256. The summed E-state index contributed by atoms with van der Waals surface area (Å²) in [6, 6.07) is 6.30. The Bertz CT molecular complexity index is 519. The highest BCUT2D eigenvalue weighted by atomic mass is 35.5. The molecule has 1 heterocycles. The number of rotatable bonds is 4. The first-order valence-corrected chi connectivity index (χ1v) is 5.95. The standard InChI is InChI=1S/C13H13ClFN3/c1-16-13(12-4-5-17-8-18-12)7-9-6-10(14)2-3-11(9)15/h2-6,8,13,16H,7H2,1H3. The molecule has 0 spiro atoms. The largest absolute Gasteiger partial charge is 0.311 e. The molecule has 0 radical (unpaired) electrons. The minimum absolute atomic E-state index is 0.0685. The molecule has 18 heavy (non-hydrogen) atoms. The fourth-order valence-electron chi connectivity index (χ4n) is 1.78. The molecule has 3 nitrogen and oxygen atoms in total. The van der Waals surface area contributed by atoms with Crippen LogP contribution >= 0.6 is 11.6 Å². The molecule has 0 saturated carbocycles. The Morgan fingerprint density at radius 2 is 2.22 bits per heavy atom. The predicted octanol–water partition coefficient (Wildman–Crippen LogP) is 2.77. The Morgan fingerprint density at radius 3 is 2.89 bits per heavy atom. The summed E-state index contributed by atoms with van der Waals surface area (Å²) in [5, 5.41) is 3.64. The van der Waals surface area contributed by atoms with E-state index in [0.29, 0.717) is 17.0 Å². The maximum absolute atomic E-state index is 13.7. The van der Waals surface area contributed by atoms with Crippen LogP contribution in [0.2, 0.25) is 5.02 Å². The lowest BCUT2D eigenvalue weighted by Crippen LogP contribution is -2.20. The molecule has 0 fully saturated rings. The summed E-state index contributed by atoms with van der Waals surface area (Å²) in [5.41, 5.74) is 1.40. The van der Waals surface area contributed by atoms with Gasteiger partial charge in [-0.15, -0.1) is 0 Å². The van der Waals surface area contributed by atoms with Gasteiger partial charge in [-0.25, -0.2) is 14.4 Å². The van der Waals surface area contributed by atoms with E-state index in [9.17, 15) is 4.39 Å². The van der Waals surface area contributed by atoms with Crippen LogP contribution in [0.3, 0.4) is 0 Å². The van der Waals surface area contributed by atoms with Crippen molar-refractivity contribution in [3.63, 3.8) is 0 Å². The predicted molar refractivity (Wildman–Crippen MR) is 68.9 cm³/mol. The van der Waals surface area contributed by atoms with Crippen LogP contribution in [0.25, 0.3) is 0 Å². The molecule has 1 atom stereocenters. The van der Waals surface area contributed by atoms with Crippen molar-refractivity contribution < 1.29 is 4.39 Å². The fraction of sp³-hybridized carbons (Fsp3) is 0.231. The average Bonchev–Trinajstić information content (AvgIpc) is 2.41. The van der Waals surface area contributed by atoms with E-state index in [4.69, 9.17) is 11.6 Å². The lowest BCUT2D eigenvalue weighted by atomic mass is 10.0. The third-order valence-corrected chi connectivity index (χ3v) is 2.98. The number of hydrogen-bond donors (Lipinski definition) is 1. The van der Waals surface area contributed by atoms with E-state index >= 15 is 0 Å². The number of halogens is 2. The zero-order valence-electron chi connectivity index (χ0n) is 9.90. The molecule has 1 unspecified atom stereocenters. The average molecular weight is 266 g/mol. The van der Waals surface area contributed by atoms with E-state index in [2.05, 4.69) is 15.3 Å². The molecule has 94 valence electrons. The van der Waals surface area contributed by atoms with Gasteiger partial charge in [0, 0.05) is 11.2 Å². The van der Waals surface area contributed by atoms with E-state index in [1.54, 1.807) is 18.3 Å². The maximum atomic E-state index is 13.7. The molecule has 2 rings (SSSR count). The topological polar surface area (TPSA) is 37.8 Å². The smallest absolute Gasteiger partial charge is 0.126 e. The maximum Gasteiger partial charge on any atom is 0.126 e. The van der Waals surface area contributed by atoms with Crippen LogP contribution in [0.4, 0.5) is 4.39 Å². The number of likely N-dealkylation sites (N-methyl/N-ethyl adjacent to an activating group) is 1. The van der Waals surface area contributed by atoms with Crippen LogP contribution in [0.15, 0.2) is 36.8 Å². The van der Waals surface area contributed by atoms with Gasteiger partial charge in [0.05, 0.1) is 11.7 Å². The number of hydrogen-bond acceptors (Lipinski definition) is 3. The number of benzene rings is 1. The lowest BCUT2D eigenvalue weighted by molar-refractivity contribution is 0.544. The van der Waals surface area contributed by atoms with Gasteiger partial charge in [-0.05, 0) is 43.3 Å². The minimum Gasteiger partial charge on any atom is -0.311 e. The van der Waals surface area contributed by atoms with Crippen molar-refractivity contribution in [3.8, 4) is 0 Å². The normalized spacial score (nSPS) is 12.4. The fourth-order valence-corrected chi connectivity index (χ4v) is 1.98. The molecule has 0 saturated heterocycles. The molecule has 1 aromatic carbocycles. The number of nitrogens with zero attached hydrogens (tertiary/aromatic N) is 2. The molecule has 0 aliphatic rings. The van der Waals surface area contributed by atoms with Crippen molar-refractivity contribution in [1.82, 2.24) is 15.3 Å². The van der Waals surface area contributed by atoms with Crippen molar-refractivity contribution in [2.24, 2.45) is 0 Å². The second kappa shape index (κ2) is 5.89. The first-order chi connectivity index (χ1) is 8.70. The van der Waals surface area contributed by atoms with Gasteiger partial charge in [0.15, 0.2) is 0 Å². The first kappa shape index (κ1) is 12.9. The van der Waals surface area contributed by atoms with E-state index < -0.39 is 0 Å². The highest BCUT2D eigenvalue weighted by Crippen LogP contribution is 2.21. The second-order valence-electron chi connectivity index (χ2n) is 3.92. The Morgan fingerprint density at radius 1 is 1.39 bits per heavy atom. The van der Waals surface area contributed by atoms with E-state index in [1.807, 2.05) is 13.1 Å². The second-order valence-corrected chi connectivity index (χ2v) is 4.35. The number of aromatic nitrogens is 2. The molecule has 0 bridgehead atoms. The highest BCUT2D eigenvalue weighted by Gasteiger charge is 2.14. The molecule has 1 aromatic heterocycles. The van der Waals surface area contributed by atoms with Gasteiger partial charge in [0.25, 0.3) is 0 Å². The quantitative estimate of drug-likeness (QED) is 0.924. The summed E-state index contributed by atoms with van der Waals surface area (Å²) in [6.45, 7) is 0.